The smallest absolute Gasteiger partial charge is 0.252 e. The Morgan fingerprint density at radius 2 is 1.85 bits per heavy atom. The molecule has 1 atom stereocenters. The predicted octanol–water partition coefficient (Wildman–Crippen LogP) is 4.60. The summed E-state index contributed by atoms with van der Waals surface area (Å²) in [5, 5.41) is 14.3. The van der Waals surface area contributed by atoms with E-state index in [1.54, 1.807) is 41.8 Å². The molecule has 1 amide bonds. The summed E-state index contributed by atoms with van der Waals surface area (Å²) in [7, 11) is 2.95. The molecule has 11 heteroatoms. The highest BCUT2D eigenvalue weighted by atomic mass is 32.1. The number of carbonyl (C=O) groups is 2. The van der Waals surface area contributed by atoms with Gasteiger partial charge in [-0.25, -0.2) is 9.37 Å². The monoisotopic (exact) mass is 581 g/mol. The Morgan fingerprint density at radius 3 is 2.59 bits per heavy atom. The fourth-order valence-corrected chi connectivity index (χ4v) is 5.37. The first-order chi connectivity index (χ1) is 19.9. The first kappa shape index (κ1) is 29.9. The minimum atomic E-state index is -0.879. The molecule has 9 nitrogen and oxygen atoms in total. The van der Waals surface area contributed by atoms with E-state index < -0.39 is 11.9 Å². The minimum absolute atomic E-state index is 0.0760. The maximum absolute atomic E-state index is 14.4. The normalized spacial score (nSPS) is 11.7. The molecule has 2 aromatic carbocycles. The number of aliphatic hydroxyl groups excluding tert-OH is 1. The summed E-state index contributed by atoms with van der Waals surface area (Å²) < 4.78 is 31.1. The summed E-state index contributed by atoms with van der Waals surface area (Å²) in [5.74, 6) is -0.0550. The molecule has 2 aromatic heterocycles. The van der Waals surface area contributed by atoms with Crippen molar-refractivity contribution in [2.75, 3.05) is 34.0 Å². The van der Waals surface area contributed by atoms with Crippen LogP contribution in [0.4, 0.5) is 4.39 Å². The van der Waals surface area contributed by atoms with Gasteiger partial charge >= 0.3 is 0 Å². The van der Waals surface area contributed by atoms with E-state index in [1.165, 1.54) is 37.7 Å². The number of hydrogen-bond acceptors (Lipinski definition) is 9. The average Bonchev–Trinajstić information content (AvgIpc) is 3.44. The van der Waals surface area contributed by atoms with E-state index in [-0.39, 0.29) is 36.1 Å². The summed E-state index contributed by atoms with van der Waals surface area (Å²) in [6.07, 6.45) is 1.65. The van der Waals surface area contributed by atoms with E-state index >= 15 is 0 Å². The molecule has 4 aromatic rings. The second kappa shape index (κ2) is 14.0. The molecule has 0 aliphatic carbocycles. The van der Waals surface area contributed by atoms with Crippen molar-refractivity contribution in [1.29, 1.82) is 0 Å². The van der Waals surface area contributed by atoms with Gasteiger partial charge in [-0.1, -0.05) is 12.1 Å². The van der Waals surface area contributed by atoms with Crippen molar-refractivity contribution in [2.24, 2.45) is 5.73 Å². The fourth-order valence-electron chi connectivity index (χ4n) is 4.41. The Bertz CT molecular complexity index is 1530. The van der Waals surface area contributed by atoms with Gasteiger partial charge in [0, 0.05) is 21.9 Å². The first-order valence-electron chi connectivity index (χ1n) is 13.1. The Hall–Kier alpha value is -4.06. The number of hydrogen-bond donors (Lipinski definition) is 3. The lowest BCUT2D eigenvalue weighted by Crippen LogP contribution is -2.41. The van der Waals surface area contributed by atoms with Crippen LogP contribution in [0.25, 0.3) is 21.3 Å². The van der Waals surface area contributed by atoms with Gasteiger partial charge in [0.25, 0.3) is 5.91 Å². The molecular weight excluding hydrogens is 549 g/mol. The Balaban J connectivity index is 1.64. The molecule has 0 aliphatic rings. The van der Waals surface area contributed by atoms with Crippen LogP contribution in [0.2, 0.25) is 0 Å². The lowest BCUT2D eigenvalue weighted by atomic mass is 10.0. The predicted molar refractivity (Wildman–Crippen MR) is 156 cm³/mol. The molecule has 216 valence electrons. The van der Waals surface area contributed by atoms with Gasteiger partial charge in [-0.2, -0.15) is 0 Å². The Labute approximate surface area is 241 Å². The van der Waals surface area contributed by atoms with Crippen molar-refractivity contribution in [1.82, 2.24) is 10.3 Å². The lowest BCUT2D eigenvalue weighted by Gasteiger charge is -2.19. The summed E-state index contributed by atoms with van der Waals surface area (Å²) in [4.78, 5) is 31.7. The molecule has 0 saturated carbocycles. The molecule has 0 fully saturated rings. The zero-order valence-electron chi connectivity index (χ0n) is 22.8. The number of methoxy groups -OCH3 is 2. The number of halogens is 1. The zero-order chi connectivity index (χ0) is 29.4. The summed E-state index contributed by atoms with van der Waals surface area (Å²) in [5.41, 5.74) is 7.14. The van der Waals surface area contributed by atoms with Crippen LogP contribution in [-0.2, 0) is 0 Å². The molecule has 0 aliphatic heterocycles. The maximum atomic E-state index is 14.4. The van der Waals surface area contributed by atoms with Crippen LogP contribution in [-0.4, -0.2) is 61.8 Å². The van der Waals surface area contributed by atoms with E-state index in [0.717, 1.165) is 0 Å². The zero-order valence-corrected chi connectivity index (χ0v) is 23.6. The van der Waals surface area contributed by atoms with Gasteiger partial charge in [-0.15, -0.1) is 11.3 Å². The third-order valence-electron chi connectivity index (χ3n) is 6.48. The molecule has 0 bridgehead atoms. The number of thiophene rings is 1. The van der Waals surface area contributed by atoms with Gasteiger partial charge in [0.05, 0.1) is 31.6 Å². The fraction of sp³-hybridized carbons (Fsp3) is 0.300. The van der Waals surface area contributed by atoms with Crippen molar-refractivity contribution >= 4 is 33.1 Å². The van der Waals surface area contributed by atoms with Gasteiger partial charge in [-0.3, -0.25) is 9.59 Å². The number of nitrogens with two attached hydrogens (primary N) is 1. The van der Waals surface area contributed by atoms with Crippen molar-refractivity contribution in [2.45, 2.75) is 25.3 Å². The van der Waals surface area contributed by atoms with E-state index in [1.807, 2.05) is 0 Å². The quantitative estimate of drug-likeness (QED) is 0.145. The number of ether oxygens (including phenoxy) is 3. The Kier molecular flexibility index (Phi) is 10.2. The first-order valence-corrected chi connectivity index (χ1v) is 14.0. The van der Waals surface area contributed by atoms with Gasteiger partial charge in [-0.05, 0) is 62.2 Å². The van der Waals surface area contributed by atoms with Crippen molar-refractivity contribution in [3.05, 3.63) is 71.0 Å². The number of pyridine rings is 1. The van der Waals surface area contributed by atoms with Gasteiger partial charge < -0.3 is 30.4 Å². The van der Waals surface area contributed by atoms with E-state index in [2.05, 4.69) is 10.3 Å². The lowest BCUT2D eigenvalue weighted by molar-refractivity contribution is 0.0848. The second-order valence-corrected chi connectivity index (χ2v) is 10.0. The molecule has 4 N–H and O–H groups in total. The number of Topliss-reactive ketones (excluding diaryl/α,β-unsaturated/α-hetero) is 1. The van der Waals surface area contributed by atoms with Crippen molar-refractivity contribution in [3.63, 3.8) is 0 Å². The summed E-state index contributed by atoms with van der Waals surface area (Å²) >= 11 is 1.25. The molecule has 0 radical (unpaired) electrons. The van der Waals surface area contributed by atoms with E-state index in [0.29, 0.717) is 64.4 Å². The molecule has 41 heavy (non-hydrogen) atoms. The minimum Gasteiger partial charge on any atom is -0.494 e. The standard InChI is InChI=1S/C30H32FN3O6S/c1-38-25-12-10-23(33-27(25)20-17-41-29-19(20)6-5-7-21(29)31)28(36)22(8-3-4-13-32)34-30(37)18-9-11-24(40-15-14-35)26(16-18)39-2/h5-7,9-12,16-17,22,35H,3-4,8,13-15,32H2,1-2H3,(H,34,37)/t22-/m0/s1. The van der Waals surface area contributed by atoms with Gasteiger partial charge in [0.15, 0.2) is 11.5 Å². The van der Waals surface area contributed by atoms with Crippen molar-refractivity contribution < 1.29 is 33.3 Å². The number of benzene rings is 2. The van der Waals surface area contributed by atoms with Crippen LogP contribution in [0.3, 0.4) is 0 Å². The van der Waals surface area contributed by atoms with Crippen molar-refractivity contribution in [3.8, 4) is 28.5 Å². The Morgan fingerprint density at radius 1 is 1.07 bits per heavy atom. The van der Waals surface area contributed by atoms with Crippen LogP contribution in [0.1, 0.15) is 40.1 Å². The third kappa shape index (κ3) is 6.82. The number of carbonyl (C=O) groups excluding carboxylic acids is 2. The maximum Gasteiger partial charge on any atom is 0.252 e. The highest BCUT2D eigenvalue weighted by Crippen LogP contribution is 2.38. The SMILES string of the molecule is COc1cc(C(=O)N[C@@H](CCCCN)C(=O)c2ccc(OC)c(-c3csc4c(F)cccc34)n2)ccc1OCCO. The number of aromatic nitrogens is 1. The molecule has 0 saturated heterocycles. The molecular formula is C30H32FN3O6S. The number of unbranched alkanes of at least 4 members (excludes halogenated alkanes) is 1. The van der Waals surface area contributed by atoms with Gasteiger partial charge in [0.1, 0.15) is 29.6 Å². The molecule has 4 rings (SSSR count). The van der Waals surface area contributed by atoms with E-state index in [9.17, 15) is 14.0 Å². The molecule has 0 spiro atoms. The number of nitrogens with zero attached hydrogens (tertiary/aromatic N) is 1. The second-order valence-electron chi connectivity index (χ2n) is 9.13. The number of nitrogens with one attached hydrogen (secondary N) is 1. The number of fused-ring (bicyclic) bond motifs is 1. The highest BCUT2D eigenvalue weighted by Gasteiger charge is 2.26. The number of ketones is 1. The number of amides is 1. The summed E-state index contributed by atoms with van der Waals surface area (Å²) in [6.45, 7) is 0.360. The van der Waals surface area contributed by atoms with Crippen LogP contribution in [0, 0.1) is 5.82 Å². The largest absolute Gasteiger partial charge is 0.494 e. The van der Waals surface area contributed by atoms with Crippen LogP contribution >= 0.6 is 11.3 Å². The van der Waals surface area contributed by atoms with Gasteiger partial charge in [0.2, 0.25) is 5.78 Å². The highest BCUT2D eigenvalue weighted by molar-refractivity contribution is 7.17. The molecule has 0 unspecified atom stereocenters. The van der Waals surface area contributed by atoms with Crippen LogP contribution in [0.5, 0.6) is 17.2 Å². The van der Waals surface area contributed by atoms with E-state index in [4.69, 9.17) is 25.1 Å². The average molecular weight is 582 g/mol. The molecule has 2 heterocycles. The topological polar surface area (TPSA) is 133 Å². The number of aliphatic hydroxyl groups is 1. The third-order valence-corrected chi connectivity index (χ3v) is 7.49. The summed E-state index contributed by atoms with van der Waals surface area (Å²) in [6, 6.07) is 11.8. The number of rotatable bonds is 14. The van der Waals surface area contributed by atoms with Crippen LogP contribution in [0.15, 0.2) is 53.9 Å². The van der Waals surface area contributed by atoms with Crippen LogP contribution < -0.4 is 25.3 Å².